The summed E-state index contributed by atoms with van der Waals surface area (Å²) in [6.07, 6.45) is 2.79. The molecule has 7 nitrogen and oxygen atoms in total. The first kappa shape index (κ1) is 17.0. The molecular formula is C16H21N4O3. The van der Waals surface area contributed by atoms with Crippen molar-refractivity contribution in [1.82, 2.24) is 15.1 Å². The number of benzene rings is 1. The Hall–Kier alpha value is -2.38. The van der Waals surface area contributed by atoms with Crippen LogP contribution in [0.4, 0.5) is 0 Å². The summed E-state index contributed by atoms with van der Waals surface area (Å²) in [5.41, 5.74) is 7.46. The molecule has 7 heteroatoms. The van der Waals surface area contributed by atoms with Gasteiger partial charge in [0.15, 0.2) is 0 Å². The van der Waals surface area contributed by atoms with E-state index in [0.29, 0.717) is 18.9 Å². The molecule has 23 heavy (non-hydrogen) atoms. The second-order valence-electron chi connectivity index (χ2n) is 5.27. The highest BCUT2D eigenvalue weighted by Crippen LogP contribution is 2.22. The molecule has 1 amide bonds. The molecule has 0 saturated heterocycles. The van der Waals surface area contributed by atoms with Gasteiger partial charge in [0.25, 0.3) is 0 Å². The Morgan fingerprint density at radius 2 is 2.30 bits per heavy atom. The van der Waals surface area contributed by atoms with Crippen LogP contribution in [0.5, 0.6) is 5.75 Å². The fraction of sp³-hybridized carbons (Fsp3) is 0.375. The number of hydrogen-bond acceptors (Lipinski definition) is 5. The van der Waals surface area contributed by atoms with Crippen LogP contribution >= 0.6 is 0 Å². The van der Waals surface area contributed by atoms with Crippen molar-refractivity contribution in [1.29, 1.82) is 0 Å². The number of aryl methyl sites for hydroxylation is 1. The first-order chi connectivity index (χ1) is 11.0. The Balaban J connectivity index is 1.84. The van der Waals surface area contributed by atoms with Gasteiger partial charge in [0.05, 0.1) is 18.8 Å². The third kappa shape index (κ3) is 4.80. The first-order valence-electron chi connectivity index (χ1n) is 7.31. The number of nitrogens with zero attached hydrogens (tertiary/aromatic N) is 2. The van der Waals surface area contributed by atoms with Crippen LogP contribution in [0.1, 0.15) is 6.92 Å². The van der Waals surface area contributed by atoms with E-state index in [9.17, 15) is 9.90 Å². The third-order valence-electron chi connectivity index (χ3n) is 3.29. The van der Waals surface area contributed by atoms with Crippen molar-refractivity contribution in [2.24, 2.45) is 12.8 Å². The number of hydrogen-bond donors (Lipinski definition) is 3. The number of aliphatic hydroxyl groups excluding tert-OH is 1. The number of ether oxygens (including phenoxy) is 1. The van der Waals surface area contributed by atoms with Gasteiger partial charge in [0, 0.05) is 18.8 Å². The van der Waals surface area contributed by atoms with Gasteiger partial charge in [-0.2, -0.15) is 5.10 Å². The summed E-state index contributed by atoms with van der Waals surface area (Å²) in [6.45, 7) is 2.07. The van der Waals surface area contributed by atoms with Gasteiger partial charge in [0.2, 0.25) is 5.91 Å². The van der Waals surface area contributed by atoms with Crippen molar-refractivity contribution in [3.63, 3.8) is 0 Å². The predicted octanol–water partition coefficient (Wildman–Crippen LogP) is 0.0904. The van der Waals surface area contributed by atoms with Crippen molar-refractivity contribution in [3.05, 3.63) is 36.7 Å². The van der Waals surface area contributed by atoms with E-state index in [0.717, 1.165) is 11.1 Å². The molecule has 1 radical (unpaired) electrons. The number of aliphatic hydroxyl groups is 1. The molecule has 1 aromatic heterocycles. The second kappa shape index (κ2) is 7.75. The third-order valence-corrected chi connectivity index (χ3v) is 3.29. The molecule has 1 aromatic carbocycles. The Bertz CT molecular complexity index is 654. The average Bonchev–Trinajstić information content (AvgIpc) is 2.97. The van der Waals surface area contributed by atoms with E-state index in [1.165, 1.54) is 6.92 Å². The SMILES string of the molecule is C[C@@H](O)[C@H](N)C(=O)NCCOc1c[c]cc(-c2cnn(C)c2)c1. The van der Waals surface area contributed by atoms with E-state index in [-0.39, 0.29) is 0 Å². The highest BCUT2D eigenvalue weighted by molar-refractivity contribution is 5.82. The van der Waals surface area contributed by atoms with Crippen LogP contribution in [0.15, 0.2) is 30.6 Å². The average molecular weight is 317 g/mol. The molecule has 2 rings (SSSR count). The Kier molecular flexibility index (Phi) is 5.72. The van der Waals surface area contributed by atoms with Crippen LogP contribution < -0.4 is 15.8 Å². The Morgan fingerprint density at radius 3 is 2.96 bits per heavy atom. The lowest BCUT2D eigenvalue weighted by Crippen LogP contribution is -2.48. The van der Waals surface area contributed by atoms with Gasteiger partial charge in [-0.15, -0.1) is 0 Å². The van der Waals surface area contributed by atoms with Crippen LogP contribution in [-0.4, -0.2) is 46.1 Å². The molecule has 0 bridgehead atoms. The summed E-state index contributed by atoms with van der Waals surface area (Å²) < 4.78 is 7.32. The largest absolute Gasteiger partial charge is 0.492 e. The number of aromatic nitrogens is 2. The van der Waals surface area contributed by atoms with E-state index >= 15 is 0 Å². The fourth-order valence-corrected chi connectivity index (χ4v) is 1.95. The predicted molar refractivity (Wildman–Crippen MR) is 85.6 cm³/mol. The maximum Gasteiger partial charge on any atom is 0.239 e. The summed E-state index contributed by atoms with van der Waals surface area (Å²) >= 11 is 0. The van der Waals surface area contributed by atoms with Gasteiger partial charge in [0.1, 0.15) is 18.4 Å². The van der Waals surface area contributed by atoms with Gasteiger partial charge in [-0.25, -0.2) is 0 Å². The lowest BCUT2D eigenvalue weighted by atomic mass is 10.1. The lowest BCUT2D eigenvalue weighted by Gasteiger charge is -2.14. The first-order valence-corrected chi connectivity index (χ1v) is 7.31. The van der Waals surface area contributed by atoms with Gasteiger partial charge < -0.3 is 20.9 Å². The van der Waals surface area contributed by atoms with Crippen LogP contribution in [0, 0.1) is 6.07 Å². The Morgan fingerprint density at radius 1 is 1.52 bits per heavy atom. The van der Waals surface area contributed by atoms with Crippen molar-refractivity contribution >= 4 is 5.91 Å². The molecular weight excluding hydrogens is 296 g/mol. The van der Waals surface area contributed by atoms with Crippen molar-refractivity contribution < 1.29 is 14.6 Å². The van der Waals surface area contributed by atoms with Gasteiger partial charge in [-0.3, -0.25) is 9.48 Å². The van der Waals surface area contributed by atoms with Crippen molar-refractivity contribution in [2.75, 3.05) is 13.2 Å². The molecule has 123 valence electrons. The number of nitrogens with one attached hydrogen (secondary N) is 1. The monoisotopic (exact) mass is 317 g/mol. The summed E-state index contributed by atoms with van der Waals surface area (Å²) in [4.78, 5) is 11.6. The zero-order valence-electron chi connectivity index (χ0n) is 13.2. The minimum atomic E-state index is -0.933. The zero-order valence-corrected chi connectivity index (χ0v) is 13.2. The van der Waals surface area contributed by atoms with E-state index < -0.39 is 18.1 Å². The number of carbonyl (C=O) groups is 1. The number of carbonyl (C=O) groups excluding carboxylic acids is 1. The number of nitrogens with two attached hydrogens (primary N) is 1. The van der Waals surface area contributed by atoms with Crippen molar-refractivity contribution in [3.8, 4) is 16.9 Å². The summed E-state index contributed by atoms with van der Waals surface area (Å²) in [7, 11) is 1.86. The summed E-state index contributed by atoms with van der Waals surface area (Å²) in [5.74, 6) is 0.250. The molecule has 0 aliphatic rings. The molecule has 4 N–H and O–H groups in total. The van der Waals surface area contributed by atoms with Crippen LogP contribution in [-0.2, 0) is 11.8 Å². The normalized spacial score (nSPS) is 13.4. The molecule has 0 aliphatic heterocycles. The number of amides is 1. The fourth-order valence-electron chi connectivity index (χ4n) is 1.95. The molecule has 2 aromatic rings. The molecule has 0 aliphatic carbocycles. The van der Waals surface area contributed by atoms with Crippen molar-refractivity contribution in [2.45, 2.75) is 19.1 Å². The smallest absolute Gasteiger partial charge is 0.239 e. The van der Waals surface area contributed by atoms with E-state index in [4.69, 9.17) is 10.5 Å². The zero-order chi connectivity index (χ0) is 16.8. The summed E-state index contributed by atoms with van der Waals surface area (Å²) in [5, 5.41) is 16.0. The lowest BCUT2D eigenvalue weighted by molar-refractivity contribution is -0.124. The minimum Gasteiger partial charge on any atom is -0.492 e. The molecule has 0 saturated carbocycles. The van der Waals surface area contributed by atoms with Crippen LogP contribution in [0.3, 0.4) is 0 Å². The maximum absolute atomic E-state index is 11.6. The second-order valence-corrected chi connectivity index (χ2v) is 5.27. The number of rotatable bonds is 7. The topological polar surface area (TPSA) is 102 Å². The van der Waals surface area contributed by atoms with Gasteiger partial charge in [-0.1, -0.05) is 0 Å². The highest BCUT2D eigenvalue weighted by Gasteiger charge is 2.17. The van der Waals surface area contributed by atoms with Gasteiger partial charge >= 0.3 is 0 Å². The molecule has 1 heterocycles. The molecule has 0 fully saturated rings. The summed E-state index contributed by atoms with van der Waals surface area (Å²) in [6, 6.07) is 7.55. The quantitative estimate of drug-likeness (QED) is 0.628. The van der Waals surface area contributed by atoms with Crippen LogP contribution in [0.25, 0.3) is 11.1 Å². The Labute approximate surface area is 135 Å². The van der Waals surface area contributed by atoms with E-state index in [1.54, 1.807) is 16.9 Å². The van der Waals surface area contributed by atoms with Gasteiger partial charge in [-0.05, 0) is 36.8 Å². The molecule has 2 atom stereocenters. The molecule has 0 unspecified atom stereocenters. The highest BCUT2D eigenvalue weighted by atomic mass is 16.5. The molecule has 0 spiro atoms. The van der Waals surface area contributed by atoms with Crippen LogP contribution in [0.2, 0.25) is 0 Å². The minimum absolute atomic E-state index is 0.294. The maximum atomic E-state index is 11.6. The van der Waals surface area contributed by atoms with E-state index in [2.05, 4.69) is 16.5 Å². The standard InChI is InChI=1S/C16H21N4O3/c1-11(21)15(17)16(22)18-6-7-23-14-5-3-4-12(8-14)13-9-19-20(2)10-13/h4-5,8-11,15,21H,6-7,17H2,1-2H3,(H,18,22)/t11-,15+/m1/s1. The van der Waals surface area contributed by atoms with E-state index in [1.807, 2.05) is 25.4 Å².